The molecule has 3 N–H and O–H groups in total. The number of rotatable bonds is 3. The molecule has 0 atom stereocenters. The summed E-state index contributed by atoms with van der Waals surface area (Å²) < 4.78 is 5.12. The summed E-state index contributed by atoms with van der Waals surface area (Å²) in [6.07, 6.45) is 3.47. The maximum Gasteiger partial charge on any atom is 0.260 e. The van der Waals surface area contributed by atoms with Gasteiger partial charge in [-0.25, -0.2) is 4.98 Å². The van der Waals surface area contributed by atoms with Gasteiger partial charge < -0.3 is 15.4 Å². The first kappa shape index (κ1) is 14.6. The highest BCUT2D eigenvalue weighted by Gasteiger charge is 2.18. The van der Waals surface area contributed by atoms with Crippen LogP contribution in [-0.2, 0) is 0 Å². The number of benzene rings is 1. The van der Waals surface area contributed by atoms with Crippen LogP contribution in [0.1, 0.15) is 12.8 Å². The van der Waals surface area contributed by atoms with E-state index >= 15 is 0 Å². The highest BCUT2D eigenvalue weighted by atomic mass is 16.5. The number of nitrogens with two attached hydrogens (primary N) is 1. The van der Waals surface area contributed by atoms with E-state index in [9.17, 15) is 4.79 Å². The van der Waals surface area contributed by atoms with Crippen molar-refractivity contribution in [2.45, 2.75) is 18.9 Å². The highest BCUT2D eigenvalue weighted by molar-refractivity contribution is 5.62. The summed E-state index contributed by atoms with van der Waals surface area (Å²) in [7, 11) is 1.61. The first-order valence-corrected chi connectivity index (χ1v) is 7.41. The van der Waals surface area contributed by atoms with Gasteiger partial charge in [0.25, 0.3) is 5.56 Å². The molecule has 1 aromatic heterocycles. The third kappa shape index (κ3) is 2.96. The first-order chi connectivity index (χ1) is 10.7. The largest absolute Gasteiger partial charge is 0.497 e. The molecule has 1 fully saturated rings. The van der Waals surface area contributed by atoms with Crippen LogP contribution in [0, 0.1) is 0 Å². The van der Waals surface area contributed by atoms with E-state index in [-0.39, 0.29) is 11.6 Å². The molecule has 0 spiro atoms. The molecule has 1 saturated heterocycles. The predicted octanol–water partition coefficient (Wildman–Crippen LogP) is 1.37. The van der Waals surface area contributed by atoms with Crippen LogP contribution in [-0.4, -0.2) is 36.2 Å². The number of hydrogen-bond donors (Lipinski definition) is 2. The van der Waals surface area contributed by atoms with E-state index in [1.54, 1.807) is 13.3 Å². The number of nitrogens with zero attached hydrogens (tertiary/aromatic N) is 2. The summed E-state index contributed by atoms with van der Waals surface area (Å²) in [4.78, 5) is 21.7. The fourth-order valence-corrected chi connectivity index (χ4v) is 2.63. The molecule has 2 heterocycles. The van der Waals surface area contributed by atoms with Crippen molar-refractivity contribution in [2.75, 3.05) is 25.1 Å². The normalized spacial score (nSPS) is 15.8. The van der Waals surface area contributed by atoms with Gasteiger partial charge in [-0.1, -0.05) is 12.1 Å². The van der Waals surface area contributed by atoms with Crippen molar-refractivity contribution in [3.8, 4) is 16.9 Å². The second-order valence-electron chi connectivity index (χ2n) is 5.50. The van der Waals surface area contributed by atoms with Crippen molar-refractivity contribution >= 4 is 5.95 Å². The number of aromatic nitrogens is 2. The zero-order valence-corrected chi connectivity index (χ0v) is 12.6. The molecule has 6 nitrogen and oxygen atoms in total. The Morgan fingerprint density at radius 2 is 1.95 bits per heavy atom. The quantitative estimate of drug-likeness (QED) is 0.894. The van der Waals surface area contributed by atoms with Crippen molar-refractivity contribution in [1.29, 1.82) is 0 Å². The minimum Gasteiger partial charge on any atom is -0.497 e. The summed E-state index contributed by atoms with van der Waals surface area (Å²) in [5.74, 6) is 1.38. The summed E-state index contributed by atoms with van der Waals surface area (Å²) in [5, 5.41) is 0. The number of aromatic amines is 1. The van der Waals surface area contributed by atoms with Gasteiger partial charge in [0.2, 0.25) is 5.95 Å². The molecule has 2 aromatic rings. The average Bonchev–Trinajstić information content (AvgIpc) is 2.56. The number of methoxy groups -OCH3 is 1. The summed E-state index contributed by atoms with van der Waals surface area (Å²) in [6.45, 7) is 1.65. The number of nitrogens with one attached hydrogen (secondary N) is 1. The molecule has 116 valence electrons. The van der Waals surface area contributed by atoms with Crippen LogP contribution in [0.15, 0.2) is 35.3 Å². The van der Waals surface area contributed by atoms with Crippen molar-refractivity contribution in [3.05, 3.63) is 40.8 Å². The maximum atomic E-state index is 12.3. The molecule has 0 bridgehead atoms. The fourth-order valence-electron chi connectivity index (χ4n) is 2.63. The Morgan fingerprint density at radius 3 is 2.55 bits per heavy atom. The first-order valence-electron chi connectivity index (χ1n) is 7.41. The lowest BCUT2D eigenvalue weighted by Crippen LogP contribution is -2.41. The zero-order valence-electron chi connectivity index (χ0n) is 12.6. The third-order valence-corrected chi connectivity index (χ3v) is 4.03. The molecule has 0 amide bonds. The second kappa shape index (κ2) is 6.19. The van der Waals surface area contributed by atoms with Gasteiger partial charge in [0.15, 0.2) is 0 Å². The van der Waals surface area contributed by atoms with Crippen molar-refractivity contribution in [2.24, 2.45) is 5.73 Å². The van der Waals surface area contributed by atoms with Crippen molar-refractivity contribution in [3.63, 3.8) is 0 Å². The second-order valence-corrected chi connectivity index (χ2v) is 5.50. The molecular formula is C16H20N4O2. The molecule has 6 heteroatoms. The Labute approximate surface area is 128 Å². The smallest absolute Gasteiger partial charge is 0.260 e. The molecule has 0 saturated carbocycles. The van der Waals surface area contributed by atoms with E-state index in [1.807, 2.05) is 24.3 Å². The lowest BCUT2D eigenvalue weighted by Gasteiger charge is -2.30. The average molecular weight is 300 g/mol. The van der Waals surface area contributed by atoms with Gasteiger partial charge in [0, 0.05) is 25.3 Å². The van der Waals surface area contributed by atoms with Crippen LogP contribution in [0.25, 0.3) is 11.1 Å². The lowest BCUT2D eigenvalue weighted by atomic mass is 10.1. The van der Waals surface area contributed by atoms with Gasteiger partial charge in [0.05, 0.1) is 12.7 Å². The van der Waals surface area contributed by atoms with Gasteiger partial charge in [-0.3, -0.25) is 9.78 Å². The zero-order chi connectivity index (χ0) is 15.5. The van der Waals surface area contributed by atoms with Gasteiger partial charge >= 0.3 is 0 Å². The lowest BCUT2D eigenvalue weighted by molar-refractivity contribution is 0.415. The molecular weight excluding hydrogens is 280 g/mol. The summed E-state index contributed by atoms with van der Waals surface area (Å²) >= 11 is 0. The monoisotopic (exact) mass is 300 g/mol. The standard InChI is InChI=1S/C16H20N4O2/c1-22-13-4-2-11(3-5-13)14-10-18-16(19-15(14)21)20-8-6-12(17)7-9-20/h2-5,10,12H,6-9,17H2,1H3,(H,18,19,21). The molecule has 0 aliphatic carbocycles. The van der Waals surface area contributed by atoms with Gasteiger partial charge in [-0.05, 0) is 30.5 Å². The van der Waals surface area contributed by atoms with Crippen LogP contribution in [0.2, 0.25) is 0 Å². The minimum absolute atomic E-state index is 0.134. The highest BCUT2D eigenvalue weighted by Crippen LogP contribution is 2.20. The number of H-pyrrole nitrogens is 1. The maximum absolute atomic E-state index is 12.3. The van der Waals surface area contributed by atoms with E-state index in [2.05, 4.69) is 14.9 Å². The molecule has 0 unspecified atom stereocenters. The van der Waals surface area contributed by atoms with Gasteiger partial charge in [-0.15, -0.1) is 0 Å². The molecule has 3 rings (SSSR count). The SMILES string of the molecule is COc1ccc(-c2cnc(N3CCC(N)CC3)[nH]c2=O)cc1. The minimum atomic E-state index is -0.134. The Balaban J connectivity index is 1.84. The van der Waals surface area contributed by atoms with E-state index in [1.165, 1.54) is 0 Å². The predicted molar refractivity (Wildman–Crippen MR) is 86.3 cm³/mol. The van der Waals surface area contributed by atoms with E-state index in [0.29, 0.717) is 11.5 Å². The van der Waals surface area contributed by atoms with Crippen LogP contribution < -0.4 is 20.9 Å². The van der Waals surface area contributed by atoms with Crippen molar-refractivity contribution < 1.29 is 4.74 Å². The Hall–Kier alpha value is -2.34. The van der Waals surface area contributed by atoms with E-state index in [4.69, 9.17) is 10.5 Å². The third-order valence-electron chi connectivity index (χ3n) is 4.03. The topological polar surface area (TPSA) is 84.2 Å². The number of ether oxygens (including phenoxy) is 1. The summed E-state index contributed by atoms with van der Waals surface area (Å²) in [6, 6.07) is 7.61. The Kier molecular flexibility index (Phi) is 4.11. The van der Waals surface area contributed by atoms with Crippen LogP contribution in [0.3, 0.4) is 0 Å². The molecule has 1 aromatic carbocycles. The Morgan fingerprint density at radius 1 is 1.27 bits per heavy atom. The molecule has 0 radical (unpaired) electrons. The van der Waals surface area contributed by atoms with Crippen molar-refractivity contribution in [1.82, 2.24) is 9.97 Å². The molecule has 22 heavy (non-hydrogen) atoms. The number of piperidine rings is 1. The van der Waals surface area contributed by atoms with Crippen LogP contribution in [0.5, 0.6) is 5.75 Å². The van der Waals surface area contributed by atoms with Gasteiger partial charge in [-0.2, -0.15) is 0 Å². The van der Waals surface area contributed by atoms with Crippen LogP contribution in [0.4, 0.5) is 5.95 Å². The van der Waals surface area contributed by atoms with E-state index in [0.717, 1.165) is 37.2 Å². The fraction of sp³-hybridized carbons (Fsp3) is 0.375. The molecule has 1 aliphatic heterocycles. The number of anilines is 1. The Bertz CT molecular complexity index is 688. The van der Waals surface area contributed by atoms with Crippen LogP contribution >= 0.6 is 0 Å². The molecule has 1 aliphatic rings. The number of hydrogen-bond acceptors (Lipinski definition) is 5. The summed E-state index contributed by atoms with van der Waals surface area (Å²) in [5.41, 5.74) is 7.14. The van der Waals surface area contributed by atoms with E-state index < -0.39 is 0 Å². The van der Waals surface area contributed by atoms with Gasteiger partial charge in [0.1, 0.15) is 5.75 Å².